The van der Waals surface area contributed by atoms with Gasteiger partial charge in [0.05, 0.1) is 18.8 Å². The Balaban J connectivity index is 1.77. The molecule has 118 valence electrons. The lowest BCUT2D eigenvalue weighted by atomic mass is 10.1. The molecule has 0 radical (unpaired) electrons. The monoisotopic (exact) mass is 355 g/mol. The molecule has 0 N–H and O–H groups in total. The molecule has 0 saturated carbocycles. The van der Waals surface area contributed by atoms with E-state index in [0.717, 1.165) is 42.9 Å². The fourth-order valence-corrected chi connectivity index (χ4v) is 3.74. The third kappa shape index (κ3) is 4.97. The van der Waals surface area contributed by atoms with E-state index >= 15 is 0 Å². The topological polar surface area (TPSA) is 21.7 Å². The van der Waals surface area contributed by atoms with Crippen molar-refractivity contribution in [1.82, 2.24) is 4.90 Å². The van der Waals surface area contributed by atoms with E-state index in [1.54, 1.807) is 0 Å². The van der Waals surface area contributed by atoms with Crippen molar-refractivity contribution >= 4 is 15.9 Å². The predicted octanol–water partition coefficient (Wildman–Crippen LogP) is 3.94. The summed E-state index contributed by atoms with van der Waals surface area (Å²) < 4.78 is 12.9. The van der Waals surface area contributed by atoms with Gasteiger partial charge in [-0.05, 0) is 57.4 Å². The summed E-state index contributed by atoms with van der Waals surface area (Å²) in [6, 6.07) is 4.21. The Kier molecular flexibility index (Phi) is 6.08. The molecule has 2 unspecified atom stereocenters. The lowest BCUT2D eigenvalue weighted by Crippen LogP contribution is -2.45. The number of hydrogen-bond donors (Lipinski definition) is 0. The molecule has 1 aromatic rings. The van der Waals surface area contributed by atoms with Crippen LogP contribution in [0.25, 0.3) is 0 Å². The molecule has 1 aromatic carbocycles. The zero-order valence-corrected chi connectivity index (χ0v) is 15.1. The third-order valence-electron chi connectivity index (χ3n) is 3.79. The van der Waals surface area contributed by atoms with Crippen molar-refractivity contribution in [2.75, 3.05) is 26.2 Å². The van der Waals surface area contributed by atoms with Crippen molar-refractivity contribution < 1.29 is 9.47 Å². The number of halogens is 1. The number of rotatable bonds is 5. The van der Waals surface area contributed by atoms with Crippen LogP contribution >= 0.6 is 15.9 Å². The summed E-state index contributed by atoms with van der Waals surface area (Å²) >= 11 is 3.52. The van der Waals surface area contributed by atoms with Gasteiger partial charge in [-0.25, -0.2) is 0 Å². The summed E-state index contributed by atoms with van der Waals surface area (Å²) in [4.78, 5) is 2.48. The van der Waals surface area contributed by atoms with Crippen molar-refractivity contribution in [3.05, 3.63) is 27.7 Å². The summed E-state index contributed by atoms with van der Waals surface area (Å²) in [5.74, 6) is 1.03. The van der Waals surface area contributed by atoms with E-state index < -0.39 is 0 Å². The molecule has 1 aliphatic rings. The molecule has 1 aliphatic heterocycles. The zero-order chi connectivity index (χ0) is 15.4. The first-order valence-corrected chi connectivity index (χ1v) is 8.52. The molecule has 1 heterocycles. The maximum Gasteiger partial charge on any atom is 0.125 e. The Hall–Kier alpha value is -0.580. The quantitative estimate of drug-likeness (QED) is 0.746. The van der Waals surface area contributed by atoms with Crippen LogP contribution in [0.1, 0.15) is 31.4 Å². The Bertz CT molecular complexity index is 445. The molecule has 4 heteroatoms. The van der Waals surface area contributed by atoms with Crippen LogP contribution in [0.15, 0.2) is 16.6 Å². The number of nitrogens with zero attached hydrogens (tertiary/aromatic N) is 1. The molecule has 0 amide bonds. The largest absolute Gasteiger partial charge is 0.493 e. The van der Waals surface area contributed by atoms with Gasteiger partial charge in [-0.15, -0.1) is 0 Å². The van der Waals surface area contributed by atoms with Gasteiger partial charge in [0.1, 0.15) is 5.75 Å². The lowest BCUT2D eigenvalue weighted by molar-refractivity contribution is -0.0686. The summed E-state index contributed by atoms with van der Waals surface area (Å²) in [6.07, 6.45) is 1.73. The number of benzene rings is 1. The first-order chi connectivity index (χ1) is 9.95. The zero-order valence-electron chi connectivity index (χ0n) is 13.5. The molecule has 0 spiro atoms. The summed E-state index contributed by atoms with van der Waals surface area (Å²) in [6.45, 7) is 12.4. The first kappa shape index (κ1) is 16.8. The number of aryl methyl sites for hydroxylation is 2. The average Bonchev–Trinajstić information content (AvgIpc) is 2.35. The SMILES string of the molecule is Cc1cc(Br)cc(C)c1OCCCN1CC(C)OC(C)C1. The van der Waals surface area contributed by atoms with Crippen LogP contribution in [0.2, 0.25) is 0 Å². The molecule has 0 aromatic heterocycles. The minimum Gasteiger partial charge on any atom is -0.493 e. The lowest BCUT2D eigenvalue weighted by Gasteiger charge is -2.35. The van der Waals surface area contributed by atoms with Crippen molar-refractivity contribution in [3.8, 4) is 5.75 Å². The third-order valence-corrected chi connectivity index (χ3v) is 4.24. The van der Waals surface area contributed by atoms with Crippen molar-refractivity contribution in [3.63, 3.8) is 0 Å². The summed E-state index contributed by atoms with van der Waals surface area (Å²) in [7, 11) is 0. The van der Waals surface area contributed by atoms with E-state index in [1.807, 2.05) is 0 Å². The van der Waals surface area contributed by atoms with E-state index in [0.29, 0.717) is 12.2 Å². The minimum atomic E-state index is 0.339. The molecule has 21 heavy (non-hydrogen) atoms. The van der Waals surface area contributed by atoms with Crippen LogP contribution in [0.4, 0.5) is 0 Å². The fourth-order valence-electron chi connectivity index (χ4n) is 3.05. The summed E-state index contributed by atoms with van der Waals surface area (Å²) in [5, 5.41) is 0. The molecule has 3 nitrogen and oxygen atoms in total. The van der Waals surface area contributed by atoms with E-state index in [-0.39, 0.29) is 0 Å². The maximum absolute atomic E-state index is 5.99. The number of morpholine rings is 1. The Morgan fingerprint density at radius 1 is 1.19 bits per heavy atom. The smallest absolute Gasteiger partial charge is 0.125 e. The van der Waals surface area contributed by atoms with Gasteiger partial charge in [0, 0.05) is 24.1 Å². The molecule has 0 bridgehead atoms. The maximum atomic E-state index is 5.99. The second-order valence-electron chi connectivity index (χ2n) is 6.09. The molecule has 0 aliphatic carbocycles. The number of ether oxygens (including phenoxy) is 2. The van der Waals surface area contributed by atoms with Gasteiger partial charge in [0.2, 0.25) is 0 Å². The molecule has 1 fully saturated rings. The normalized spacial score (nSPS) is 23.3. The molecule has 2 rings (SSSR count). The van der Waals surface area contributed by atoms with Gasteiger partial charge < -0.3 is 9.47 Å². The van der Waals surface area contributed by atoms with Gasteiger partial charge in [-0.1, -0.05) is 15.9 Å². The van der Waals surface area contributed by atoms with Gasteiger partial charge in [-0.3, -0.25) is 4.90 Å². The van der Waals surface area contributed by atoms with E-state index in [2.05, 4.69) is 60.7 Å². The molecular weight excluding hydrogens is 330 g/mol. The van der Waals surface area contributed by atoms with Crippen LogP contribution in [0.3, 0.4) is 0 Å². The highest BCUT2D eigenvalue weighted by Crippen LogP contribution is 2.27. The van der Waals surface area contributed by atoms with Gasteiger partial charge >= 0.3 is 0 Å². The second kappa shape index (κ2) is 7.61. The van der Waals surface area contributed by atoms with E-state index in [4.69, 9.17) is 9.47 Å². The van der Waals surface area contributed by atoms with E-state index in [9.17, 15) is 0 Å². The minimum absolute atomic E-state index is 0.339. The Labute approximate surface area is 136 Å². The highest BCUT2D eigenvalue weighted by atomic mass is 79.9. The van der Waals surface area contributed by atoms with Crippen molar-refractivity contribution in [2.45, 2.75) is 46.3 Å². The predicted molar refractivity (Wildman–Crippen MR) is 90.2 cm³/mol. The fraction of sp³-hybridized carbons (Fsp3) is 0.647. The Morgan fingerprint density at radius 2 is 1.76 bits per heavy atom. The average molecular weight is 356 g/mol. The molecule has 1 saturated heterocycles. The standard InChI is InChI=1S/C17H26BrNO2/c1-12-8-16(18)9-13(2)17(12)20-7-5-6-19-10-14(3)21-15(4)11-19/h8-9,14-15H,5-7,10-11H2,1-4H3. The molecular formula is C17H26BrNO2. The van der Waals surface area contributed by atoms with Crippen LogP contribution in [0.5, 0.6) is 5.75 Å². The van der Waals surface area contributed by atoms with Crippen LogP contribution in [0, 0.1) is 13.8 Å². The summed E-state index contributed by atoms with van der Waals surface area (Å²) in [5.41, 5.74) is 2.38. The van der Waals surface area contributed by atoms with Gasteiger partial charge in [0.25, 0.3) is 0 Å². The van der Waals surface area contributed by atoms with Crippen LogP contribution < -0.4 is 4.74 Å². The first-order valence-electron chi connectivity index (χ1n) is 7.73. The van der Waals surface area contributed by atoms with Gasteiger partial charge in [-0.2, -0.15) is 0 Å². The van der Waals surface area contributed by atoms with Crippen molar-refractivity contribution in [1.29, 1.82) is 0 Å². The Morgan fingerprint density at radius 3 is 2.33 bits per heavy atom. The van der Waals surface area contributed by atoms with Crippen LogP contribution in [-0.4, -0.2) is 43.3 Å². The van der Waals surface area contributed by atoms with Crippen molar-refractivity contribution in [2.24, 2.45) is 0 Å². The highest BCUT2D eigenvalue weighted by Gasteiger charge is 2.21. The highest BCUT2D eigenvalue weighted by molar-refractivity contribution is 9.10. The van der Waals surface area contributed by atoms with E-state index in [1.165, 1.54) is 11.1 Å². The van der Waals surface area contributed by atoms with Gasteiger partial charge in [0.15, 0.2) is 0 Å². The molecule has 2 atom stereocenters. The number of hydrogen-bond acceptors (Lipinski definition) is 3. The second-order valence-corrected chi connectivity index (χ2v) is 7.00. The van der Waals surface area contributed by atoms with Crippen LogP contribution in [-0.2, 0) is 4.74 Å².